The Kier molecular flexibility index (Phi) is 5.25. The quantitative estimate of drug-likeness (QED) is 0.604. The summed E-state index contributed by atoms with van der Waals surface area (Å²) in [6, 6.07) is 10.4. The molecule has 2 aromatic carbocycles. The molecule has 0 N–H and O–H groups in total. The Morgan fingerprint density at radius 1 is 1.22 bits per heavy atom. The molecule has 0 aliphatic rings. The van der Waals surface area contributed by atoms with E-state index in [1.807, 2.05) is 0 Å². The number of ketones is 1. The molecule has 0 radical (unpaired) electrons. The lowest BCUT2D eigenvalue weighted by Crippen LogP contribution is -2.24. The minimum atomic E-state index is -1.26. The molecular formula is C18H14FO4-. The summed E-state index contributed by atoms with van der Waals surface area (Å²) < 4.78 is 18.1. The van der Waals surface area contributed by atoms with Crippen LogP contribution in [0.3, 0.4) is 0 Å². The predicted octanol–water partition coefficient (Wildman–Crippen LogP) is 2.02. The first kappa shape index (κ1) is 16.4. The van der Waals surface area contributed by atoms with Crippen LogP contribution in [0.2, 0.25) is 0 Å². The number of hydrogen-bond acceptors (Lipinski definition) is 4. The topological polar surface area (TPSA) is 66.4 Å². The maximum atomic E-state index is 13.1. The summed E-state index contributed by atoms with van der Waals surface area (Å²) in [7, 11) is 1.42. The van der Waals surface area contributed by atoms with Crippen LogP contribution in [0, 0.1) is 5.82 Å². The number of methoxy groups -OCH3 is 1. The Labute approximate surface area is 132 Å². The molecule has 0 amide bonds. The van der Waals surface area contributed by atoms with Gasteiger partial charge in [0.1, 0.15) is 11.6 Å². The first-order valence-corrected chi connectivity index (χ1v) is 6.84. The second kappa shape index (κ2) is 7.35. The fourth-order valence-electron chi connectivity index (χ4n) is 2.10. The van der Waals surface area contributed by atoms with Gasteiger partial charge in [0.2, 0.25) is 0 Å². The number of carboxylic acids is 1. The van der Waals surface area contributed by atoms with Crippen molar-refractivity contribution in [2.24, 2.45) is 0 Å². The van der Waals surface area contributed by atoms with Crippen molar-refractivity contribution in [2.45, 2.75) is 6.42 Å². The highest BCUT2D eigenvalue weighted by Gasteiger charge is 2.08. The second-order valence-electron chi connectivity index (χ2n) is 4.83. The molecule has 0 saturated heterocycles. The Bertz CT molecular complexity index is 765. The SMILES string of the molecule is COc1ccc(C(=O)/C=C/c2cccc(F)c2)cc1CC(=O)[O-]. The number of rotatable bonds is 6. The number of hydrogen-bond donors (Lipinski definition) is 0. The molecule has 2 rings (SSSR count). The van der Waals surface area contributed by atoms with Crippen molar-refractivity contribution >= 4 is 17.8 Å². The molecule has 0 atom stereocenters. The van der Waals surface area contributed by atoms with Crippen LogP contribution in [-0.4, -0.2) is 18.9 Å². The molecule has 0 heterocycles. The fraction of sp³-hybridized carbons (Fsp3) is 0.111. The van der Waals surface area contributed by atoms with Gasteiger partial charge >= 0.3 is 0 Å². The summed E-state index contributed by atoms with van der Waals surface area (Å²) in [6.45, 7) is 0. The summed E-state index contributed by atoms with van der Waals surface area (Å²) in [5.74, 6) is -1.60. The van der Waals surface area contributed by atoms with Gasteiger partial charge in [-0.15, -0.1) is 0 Å². The Morgan fingerprint density at radius 3 is 2.65 bits per heavy atom. The van der Waals surface area contributed by atoms with Crippen LogP contribution < -0.4 is 9.84 Å². The van der Waals surface area contributed by atoms with Gasteiger partial charge in [0.25, 0.3) is 0 Å². The number of allylic oxidation sites excluding steroid dienone is 1. The van der Waals surface area contributed by atoms with Gasteiger partial charge in [-0.3, -0.25) is 4.79 Å². The molecule has 118 valence electrons. The van der Waals surface area contributed by atoms with E-state index in [-0.39, 0.29) is 18.0 Å². The first-order valence-electron chi connectivity index (χ1n) is 6.84. The number of carbonyl (C=O) groups is 2. The van der Waals surface area contributed by atoms with E-state index in [1.165, 1.54) is 49.6 Å². The third-order valence-electron chi connectivity index (χ3n) is 3.18. The predicted molar refractivity (Wildman–Crippen MR) is 81.5 cm³/mol. The zero-order valence-corrected chi connectivity index (χ0v) is 12.4. The largest absolute Gasteiger partial charge is 0.550 e. The lowest BCUT2D eigenvalue weighted by Gasteiger charge is -2.10. The van der Waals surface area contributed by atoms with Gasteiger partial charge in [-0.25, -0.2) is 4.39 Å². The van der Waals surface area contributed by atoms with Crippen molar-refractivity contribution in [3.05, 3.63) is 71.0 Å². The molecule has 0 aliphatic heterocycles. The Hall–Kier alpha value is -2.95. The van der Waals surface area contributed by atoms with Crippen molar-refractivity contribution < 1.29 is 23.8 Å². The van der Waals surface area contributed by atoms with E-state index in [1.54, 1.807) is 12.1 Å². The number of aliphatic carboxylic acids is 1. The highest BCUT2D eigenvalue weighted by atomic mass is 19.1. The minimum absolute atomic E-state index is 0.315. The van der Waals surface area contributed by atoms with E-state index in [2.05, 4.69) is 0 Å². The van der Waals surface area contributed by atoms with E-state index in [0.29, 0.717) is 22.4 Å². The summed E-state index contributed by atoms with van der Waals surface area (Å²) in [6.07, 6.45) is 2.45. The maximum Gasteiger partial charge on any atom is 0.185 e. The summed E-state index contributed by atoms with van der Waals surface area (Å²) in [5.41, 5.74) is 1.23. The zero-order valence-electron chi connectivity index (χ0n) is 12.4. The van der Waals surface area contributed by atoms with Crippen molar-refractivity contribution in [1.29, 1.82) is 0 Å². The standard InChI is InChI=1S/C18H15FO4/c1-23-17-8-6-13(10-14(17)11-18(21)22)16(20)7-5-12-3-2-4-15(19)9-12/h2-10H,11H2,1H3,(H,21,22)/p-1/b7-5+. The second-order valence-corrected chi connectivity index (χ2v) is 4.83. The van der Waals surface area contributed by atoms with Crippen molar-refractivity contribution in [2.75, 3.05) is 7.11 Å². The molecule has 0 saturated carbocycles. The number of halogens is 1. The Morgan fingerprint density at radius 2 is 2.00 bits per heavy atom. The van der Waals surface area contributed by atoms with Gasteiger partial charge < -0.3 is 14.6 Å². The van der Waals surface area contributed by atoms with Gasteiger partial charge in [0, 0.05) is 23.5 Å². The Balaban J connectivity index is 2.23. The van der Waals surface area contributed by atoms with Crippen LogP contribution >= 0.6 is 0 Å². The average Bonchev–Trinajstić information content (AvgIpc) is 2.52. The minimum Gasteiger partial charge on any atom is -0.550 e. The zero-order chi connectivity index (χ0) is 16.8. The highest BCUT2D eigenvalue weighted by Crippen LogP contribution is 2.21. The molecular weight excluding hydrogens is 299 g/mol. The molecule has 0 bridgehead atoms. The van der Waals surface area contributed by atoms with E-state index in [4.69, 9.17) is 4.74 Å². The fourth-order valence-corrected chi connectivity index (χ4v) is 2.10. The molecule has 0 unspecified atom stereocenters. The van der Waals surface area contributed by atoms with Crippen LogP contribution in [0.1, 0.15) is 21.5 Å². The number of carbonyl (C=O) groups excluding carboxylic acids is 2. The summed E-state index contributed by atoms with van der Waals surface area (Å²) in [4.78, 5) is 22.9. The number of carboxylic acid groups (broad SMARTS) is 1. The molecule has 5 heteroatoms. The monoisotopic (exact) mass is 313 g/mol. The third kappa shape index (κ3) is 4.51. The molecule has 0 aliphatic carbocycles. The van der Waals surface area contributed by atoms with Crippen LogP contribution in [0.5, 0.6) is 5.75 Å². The van der Waals surface area contributed by atoms with E-state index in [0.717, 1.165) is 0 Å². The number of ether oxygens (including phenoxy) is 1. The van der Waals surface area contributed by atoms with Gasteiger partial charge in [-0.2, -0.15) is 0 Å². The number of benzene rings is 2. The lowest BCUT2D eigenvalue weighted by molar-refractivity contribution is -0.304. The lowest BCUT2D eigenvalue weighted by atomic mass is 10.0. The summed E-state index contributed by atoms with van der Waals surface area (Å²) >= 11 is 0. The molecule has 23 heavy (non-hydrogen) atoms. The van der Waals surface area contributed by atoms with Crippen LogP contribution in [-0.2, 0) is 11.2 Å². The van der Waals surface area contributed by atoms with Crippen molar-refractivity contribution in [3.63, 3.8) is 0 Å². The summed E-state index contributed by atoms with van der Waals surface area (Å²) in [5, 5.41) is 10.8. The third-order valence-corrected chi connectivity index (χ3v) is 3.18. The first-order chi connectivity index (χ1) is 11.0. The van der Waals surface area contributed by atoms with Crippen molar-refractivity contribution in [1.82, 2.24) is 0 Å². The molecule has 4 nitrogen and oxygen atoms in total. The van der Waals surface area contributed by atoms with Crippen LogP contribution in [0.4, 0.5) is 4.39 Å². The van der Waals surface area contributed by atoms with Gasteiger partial charge in [-0.1, -0.05) is 18.2 Å². The van der Waals surface area contributed by atoms with E-state index < -0.39 is 5.97 Å². The molecule has 0 spiro atoms. The maximum absolute atomic E-state index is 13.1. The molecule has 2 aromatic rings. The van der Waals surface area contributed by atoms with Crippen molar-refractivity contribution in [3.8, 4) is 5.75 Å². The highest BCUT2D eigenvalue weighted by molar-refractivity contribution is 6.07. The van der Waals surface area contributed by atoms with Gasteiger partial charge in [0.15, 0.2) is 5.78 Å². The van der Waals surface area contributed by atoms with Crippen LogP contribution in [0.15, 0.2) is 48.5 Å². The van der Waals surface area contributed by atoms with Crippen LogP contribution in [0.25, 0.3) is 6.08 Å². The van der Waals surface area contributed by atoms with Gasteiger partial charge in [0.05, 0.1) is 7.11 Å². The normalized spacial score (nSPS) is 10.7. The average molecular weight is 313 g/mol. The molecule has 0 aromatic heterocycles. The van der Waals surface area contributed by atoms with E-state index >= 15 is 0 Å². The van der Waals surface area contributed by atoms with Gasteiger partial charge in [-0.05, 0) is 42.0 Å². The smallest absolute Gasteiger partial charge is 0.185 e. The molecule has 0 fully saturated rings. The van der Waals surface area contributed by atoms with E-state index in [9.17, 15) is 19.1 Å².